The monoisotopic (exact) mass is 405 g/mol. The van der Waals surface area contributed by atoms with Gasteiger partial charge in [-0.15, -0.1) is 0 Å². The first-order valence-electron chi connectivity index (χ1n) is 9.77. The molecule has 30 heavy (non-hydrogen) atoms. The van der Waals surface area contributed by atoms with Crippen LogP contribution in [0.5, 0.6) is 5.75 Å². The van der Waals surface area contributed by atoms with E-state index in [0.717, 1.165) is 17.0 Å². The van der Waals surface area contributed by atoms with Crippen LogP contribution in [0.4, 0.5) is 0 Å². The molecule has 0 bridgehead atoms. The van der Waals surface area contributed by atoms with Crippen molar-refractivity contribution in [3.05, 3.63) is 83.9 Å². The van der Waals surface area contributed by atoms with Crippen molar-refractivity contribution >= 4 is 11.9 Å². The van der Waals surface area contributed by atoms with Gasteiger partial charge < -0.3 is 18.9 Å². The van der Waals surface area contributed by atoms with E-state index in [1.807, 2.05) is 53.1 Å². The third-order valence-electron chi connectivity index (χ3n) is 5.21. The number of para-hydroxylation sites is 1. The number of fused-ring (bicyclic) bond motifs is 1. The zero-order valence-electron chi connectivity index (χ0n) is 16.7. The van der Waals surface area contributed by atoms with E-state index in [-0.39, 0.29) is 19.1 Å². The summed E-state index contributed by atoms with van der Waals surface area (Å²) in [4.78, 5) is 31.4. The molecular weight excluding hydrogens is 382 g/mol. The quantitative estimate of drug-likeness (QED) is 0.589. The molecule has 154 valence electrons. The lowest BCUT2D eigenvalue weighted by Gasteiger charge is -2.34. The zero-order valence-corrected chi connectivity index (χ0v) is 16.7. The number of hydrogen-bond acceptors (Lipinski definition) is 5. The second-order valence-electron chi connectivity index (χ2n) is 7.12. The Bertz CT molecular complexity index is 1020. The highest BCUT2D eigenvalue weighted by Gasteiger charge is 2.37. The smallest absolute Gasteiger partial charge is 0.329 e. The molecule has 1 amide bonds. The lowest BCUT2D eigenvalue weighted by molar-refractivity contribution is -0.154. The largest absolute Gasteiger partial charge is 0.484 e. The Hall–Kier alpha value is -3.61. The van der Waals surface area contributed by atoms with Crippen molar-refractivity contribution < 1.29 is 19.1 Å². The van der Waals surface area contributed by atoms with Crippen LogP contribution >= 0.6 is 0 Å². The number of esters is 1. The van der Waals surface area contributed by atoms with Crippen molar-refractivity contribution in [1.82, 2.24) is 14.5 Å². The Labute approximate surface area is 174 Å². The Kier molecular flexibility index (Phi) is 5.79. The van der Waals surface area contributed by atoms with Crippen LogP contribution in [0.3, 0.4) is 0 Å². The van der Waals surface area contributed by atoms with Gasteiger partial charge in [-0.2, -0.15) is 0 Å². The fraction of sp³-hybridized carbons (Fsp3) is 0.261. The van der Waals surface area contributed by atoms with E-state index in [4.69, 9.17) is 9.47 Å². The molecule has 0 unspecified atom stereocenters. The number of carbonyl (C=O) groups is 2. The molecule has 1 aromatic heterocycles. The van der Waals surface area contributed by atoms with Crippen LogP contribution in [-0.2, 0) is 33.8 Å². The average Bonchev–Trinajstić information content (AvgIpc) is 3.19. The number of imidazole rings is 1. The van der Waals surface area contributed by atoms with Gasteiger partial charge in [0.25, 0.3) is 5.91 Å². The molecular formula is C23H23N3O4. The van der Waals surface area contributed by atoms with Gasteiger partial charge in [-0.25, -0.2) is 9.78 Å². The van der Waals surface area contributed by atoms with Crippen LogP contribution < -0.4 is 4.74 Å². The van der Waals surface area contributed by atoms with Gasteiger partial charge in [0.15, 0.2) is 6.61 Å². The molecule has 7 nitrogen and oxygen atoms in total. The minimum Gasteiger partial charge on any atom is -0.484 e. The first kappa shape index (κ1) is 19.7. The molecule has 1 aliphatic heterocycles. The number of hydrogen-bond donors (Lipinski definition) is 0. The van der Waals surface area contributed by atoms with Gasteiger partial charge in [-0.1, -0.05) is 48.5 Å². The van der Waals surface area contributed by atoms with Gasteiger partial charge in [0.05, 0.1) is 31.4 Å². The van der Waals surface area contributed by atoms with Crippen LogP contribution in [0.15, 0.2) is 67.0 Å². The summed E-state index contributed by atoms with van der Waals surface area (Å²) in [6.45, 7) is 0.771. The maximum absolute atomic E-state index is 13.0. The second kappa shape index (κ2) is 8.82. The number of nitrogens with zero attached hydrogens (tertiary/aromatic N) is 3. The van der Waals surface area contributed by atoms with Gasteiger partial charge in [-0.3, -0.25) is 4.79 Å². The molecule has 0 fully saturated rings. The van der Waals surface area contributed by atoms with Crippen molar-refractivity contribution in [3.8, 4) is 5.75 Å². The second-order valence-corrected chi connectivity index (χ2v) is 7.12. The Balaban J connectivity index is 1.54. The molecule has 0 N–H and O–H groups in total. The predicted octanol–water partition coefficient (Wildman–Crippen LogP) is 2.44. The van der Waals surface area contributed by atoms with Gasteiger partial charge in [0, 0.05) is 13.0 Å². The SMILES string of the molecule is COC(=O)[C@H]1Cc2ncn(Cc3ccccc3)c2CN1C(=O)COc1ccccc1. The highest BCUT2D eigenvalue weighted by molar-refractivity contribution is 5.86. The Morgan fingerprint density at radius 3 is 2.47 bits per heavy atom. The molecule has 1 atom stereocenters. The lowest BCUT2D eigenvalue weighted by atomic mass is 10.0. The summed E-state index contributed by atoms with van der Waals surface area (Å²) in [5.74, 6) is -0.119. The maximum atomic E-state index is 13.0. The van der Waals surface area contributed by atoms with E-state index in [2.05, 4.69) is 4.98 Å². The lowest BCUT2D eigenvalue weighted by Crippen LogP contribution is -2.51. The standard InChI is InChI=1S/C23H23N3O4/c1-29-23(28)20-12-19-21(25(16-24-19)13-17-8-4-2-5-9-17)14-26(20)22(27)15-30-18-10-6-3-7-11-18/h2-11,16,20H,12-15H2,1H3/t20-/m1/s1. The van der Waals surface area contributed by atoms with E-state index < -0.39 is 12.0 Å². The molecule has 0 aliphatic carbocycles. The minimum absolute atomic E-state index is 0.153. The summed E-state index contributed by atoms with van der Waals surface area (Å²) in [7, 11) is 1.33. The van der Waals surface area contributed by atoms with E-state index >= 15 is 0 Å². The van der Waals surface area contributed by atoms with Crippen molar-refractivity contribution in [2.24, 2.45) is 0 Å². The van der Waals surface area contributed by atoms with Gasteiger partial charge in [0.1, 0.15) is 11.8 Å². The summed E-state index contributed by atoms with van der Waals surface area (Å²) in [5, 5.41) is 0. The van der Waals surface area contributed by atoms with Gasteiger partial charge >= 0.3 is 5.97 Å². The number of benzene rings is 2. The van der Waals surface area contributed by atoms with Crippen LogP contribution in [0.2, 0.25) is 0 Å². The summed E-state index contributed by atoms with van der Waals surface area (Å²) in [6, 6.07) is 18.5. The molecule has 0 saturated heterocycles. The summed E-state index contributed by atoms with van der Waals surface area (Å²) in [5.41, 5.74) is 2.87. The molecule has 2 heterocycles. The number of ether oxygens (including phenoxy) is 2. The number of carbonyl (C=O) groups excluding carboxylic acids is 2. The van der Waals surface area contributed by atoms with Crippen LogP contribution in [0.25, 0.3) is 0 Å². The molecule has 0 saturated carbocycles. The molecule has 3 aromatic rings. The highest BCUT2D eigenvalue weighted by Crippen LogP contribution is 2.24. The van der Waals surface area contributed by atoms with Crippen LogP contribution in [-0.4, -0.2) is 46.1 Å². The first-order chi connectivity index (χ1) is 14.7. The molecule has 7 heteroatoms. The Morgan fingerprint density at radius 1 is 1.07 bits per heavy atom. The summed E-state index contributed by atoms with van der Waals surface area (Å²) < 4.78 is 12.6. The fourth-order valence-corrected chi connectivity index (χ4v) is 3.64. The molecule has 4 rings (SSSR count). The molecule has 0 spiro atoms. The third kappa shape index (κ3) is 4.20. The van der Waals surface area contributed by atoms with Crippen molar-refractivity contribution in [2.75, 3.05) is 13.7 Å². The topological polar surface area (TPSA) is 73.7 Å². The first-order valence-corrected chi connectivity index (χ1v) is 9.77. The Morgan fingerprint density at radius 2 is 1.77 bits per heavy atom. The van der Waals surface area contributed by atoms with E-state index in [0.29, 0.717) is 18.7 Å². The van der Waals surface area contributed by atoms with Crippen molar-refractivity contribution in [1.29, 1.82) is 0 Å². The van der Waals surface area contributed by atoms with E-state index in [1.54, 1.807) is 18.5 Å². The fourth-order valence-electron chi connectivity index (χ4n) is 3.64. The number of amides is 1. The van der Waals surface area contributed by atoms with Gasteiger partial charge in [0.2, 0.25) is 0 Å². The molecule has 0 radical (unpaired) electrons. The number of rotatable bonds is 6. The van der Waals surface area contributed by atoms with Crippen molar-refractivity contribution in [3.63, 3.8) is 0 Å². The average molecular weight is 405 g/mol. The normalized spacial score (nSPS) is 15.4. The summed E-state index contributed by atoms with van der Waals surface area (Å²) >= 11 is 0. The third-order valence-corrected chi connectivity index (χ3v) is 5.21. The highest BCUT2D eigenvalue weighted by atomic mass is 16.5. The number of methoxy groups -OCH3 is 1. The minimum atomic E-state index is -0.713. The summed E-state index contributed by atoms with van der Waals surface area (Å²) in [6.07, 6.45) is 2.08. The van der Waals surface area contributed by atoms with Gasteiger partial charge in [-0.05, 0) is 17.7 Å². The zero-order chi connectivity index (χ0) is 20.9. The van der Waals surface area contributed by atoms with Crippen molar-refractivity contribution in [2.45, 2.75) is 25.6 Å². The number of aromatic nitrogens is 2. The molecule has 1 aliphatic rings. The maximum Gasteiger partial charge on any atom is 0.329 e. The van der Waals surface area contributed by atoms with E-state index in [1.165, 1.54) is 12.0 Å². The van der Waals surface area contributed by atoms with Crippen LogP contribution in [0, 0.1) is 0 Å². The van der Waals surface area contributed by atoms with E-state index in [9.17, 15) is 9.59 Å². The predicted molar refractivity (Wildman–Crippen MR) is 110 cm³/mol. The molecule has 2 aromatic carbocycles. The van der Waals surface area contributed by atoms with Crippen LogP contribution in [0.1, 0.15) is 17.0 Å².